The van der Waals surface area contributed by atoms with Crippen LogP contribution >= 0.6 is 22.9 Å². The molecule has 0 aliphatic heterocycles. The minimum absolute atomic E-state index is 0.0839. The summed E-state index contributed by atoms with van der Waals surface area (Å²) in [7, 11) is -2.40. The first kappa shape index (κ1) is 18.9. The summed E-state index contributed by atoms with van der Waals surface area (Å²) < 4.78 is 25.8. The first-order chi connectivity index (χ1) is 11.2. The SMILES string of the molecule is CCc1nc(NC(=O)CN(C)S(=O)(=O)c2ccc(Cl)cc2)sc1C. The maximum Gasteiger partial charge on any atom is 0.243 e. The van der Waals surface area contributed by atoms with Crippen LogP contribution in [-0.4, -0.2) is 37.2 Å². The zero-order valence-electron chi connectivity index (χ0n) is 13.5. The Kier molecular flexibility index (Phi) is 5.97. The Hall–Kier alpha value is -1.48. The van der Waals surface area contributed by atoms with Crippen molar-refractivity contribution in [1.29, 1.82) is 0 Å². The van der Waals surface area contributed by atoms with E-state index < -0.39 is 15.9 Å². The second kappa shape index (κ2) is 7.60. The number of aryl methyl sites for hydroxylation is 2. The molecule has 0 saturated carbocycles. The van der Waals surface area contributed by atoms with Gasteiger partial charge in [0.05, 0.1) is 17.1 Å². The molecule has 0 radical (unpaired) electrons. The Morgan fingerprint density at radius 2 is 1.96 bits per heavy atom. The highest BCUT2D eigenvalue weighted by atomic mass is 35.5. The van der Waals surface area contributed by atoms with E-state index in [-0.39, 0.29) is 11.4 Å². The fraction of sp³-hybridized carbons (Fsp3) is 0.333. The Morgan fingerprint density at radius 3 is 2.50 bits per heavy atom. The number of sulfonamides is 1. The Bertz CT molecular complexity index is 832. The number of hydrogen-bond donors (Lipinski definition) is 1. The van der Waals surface area contributed by atoms with Gasteiger partial charge in [0.15, 0.2) is 5.13 Å². The highest BCUT2D eigenvalue weighted by Crippen LogP contribution is 2.22. The van der Waals surface area contributed by atoms with Crippen LogP contribution in [-0.2, 0) is 21.2 Å². The molecule has 1 amide bonds. The molecule has 24 heavy (non-hydrogen) atoms. The number of carbonyl (C=O) groups excluding carboxylic acids is 1. The number of hydrogen-bond acceptors (Lipinski definition) is 5. The average molecular weight is 388 g/mol. The second-order valence-corrected chi connectivity index (χ2v) is 8.82. The number of benzene rings is 1. The van der Waals surface area contributed by atoms with Gasteiger partial charge in [0, 0.05) is 16.9 Å². The lowest BCUT2D eigenvalue weighted by Crippen LogP contribution is -2.34. The number of thiazole rings is 1. The number of rotatable bonds is 6. The number of anilines is 1. The van der Waals surface area contributed by atoms with Crippen molar-refractivity contribution < 1.29 is 13.2 Å². The van der Waals surface area contributed by atoms with Crippen LogP contribution in [0.15, 0.2) is 29.2 Å². The fourth-order valence-corrected chi connectivity index (χ4v) is 4.21. The molecule has 1 aromatic carbocycles. The van der Waals surface area contributed by atoms with E-state index in [9.17, 15) is 13.2 Å². The largest absolute Gasteiger partial charge is 0.301 e. The Labute approximate surface area is 150 Å². The Balaban J connectivity index is 2.06. The molecule has 1 heterocycles. The first-order valence-corrected chi connectivity index (χ1v) is 9.85. The Morgan fingerprint density at radius 1 is 1.33 bits per heavy atom. The standard InChI is InChI=1S/C15H18ClN3O3S2/c1-4-13-10(2)23-15(17-13)18-14(20)9-19(3)24(21,22)12-7-5-11(16)6-8-12/h5-8H,4,9H2,1-3H3,(H,17,18,20). The molecule has 0 unspecified atom stereocenters. The maximum atomic E-state index is 12.4. The smallest absolute Gasteiger partial charge is 0.243 e. The monoisotopic (exact) mass is 387 g/mol. The summed E-state index contributed by atoms with van der Waals surface area (Å²) in [5, 5.41) is 3.57. The van der Waals surface area contributed by atoms with Gasteiger partial charge < -0.3 is 5.32 Å². The zero-order valence-corrected chi connectivity index (χ0v) is 15.9. The van der Waals surface area contributed by atoms with Crippen molar-refractivity contribution in [2.24, 2.45) is 0 Å². The maximum absolute atomic E-state index is 12.4. The summed E-state index contributed by atoms with van der Waals surface area (Å²) in [5.41, 5.74) is 0.928. The summed E-state index contributed by atoms with van der Waals surface area (Å²) in [6, 6.07) is 5.80. The van der Waals surface area contributed by atoms with E-state index in [1.165, 1.54) is 42.6 Å². The molecular weight excluding hydrogens is 370 g/mol. The highest BCUT2D eigenvalue weighted by Gasteiger charge is 2.23. The third kappa shape index (κ3) is 4.32. The highest BCUT2D eigenvalue weighted by molar-refractivity contribution is 7.89. The number of likely N-dealkylation sites (N-methyl/N-ethyl adjacent to an activating group) is 1. The lowest BCUT2D eigenvalue weighted by Gasteiger charge is -2.16. The van der Waals surface area contributed by atoms with E-state index >= 15 is 0 Å². The molecular formula is C15H18ClN3O3S2. The molecule has 0 aliphatic carbocycles. The third-order valence-corrected chi connectivity index (χ3v) is 6.36. The van der Waals surface area contributed by atoms with E-state index in [4.69, 9.17) is 11.6 Å². The molecule has 1 aromatic heterocycles. The summed E-state index contributed by atoms with van der Waals surface area (Å²) in [6.07, 6.45) is 0.781. The number of halogens is 1. The van der Waals surface area contributed by atoms with Crippen LogP contribution < -0.4 is 5.32 Å². The third-order valence-electron chi connectivity index (χ3n) is 3.36. The van der Waals surface area contributed by atoms with Crippen LogP contribution in [0.4, 0.5) is 5.13 Å². The molecule has 0 aliphatic rings. The summed E-state index contributed by atoms with van der Waals surface area (Å²) in [6.45, 7) is 3.62. The molecule has 0 atom stereocenters. The molecule has 130 valence electrons. The van der Waals surface area contributed by atoms with E-state index in [2.05, 4.69) is 10.3 Å². The van der Waals surface area contributed by atoms with Gasteiger partial charge in [-0.3, -0.25) is 4.79 Å². The van der Waals surface area contributed by atoms with Crippen molar-refractivity contribution in [2.75, 3.05) is 18.9 Å². The van der Waals surface area contributed by atoms with Crippen LogP contribution in [0.25, 0.3) is 0 Å². The number of nitrogens with zero attached hydrogens (tertiary/aromatic N) is 2. The van der Waals surface area contributed by atoms with Gasteiger partial charge in [0.25, 0.3) is 0 Å². The van der Waals surface area contributed by atoms with E-state index in [0.717, 1.165) is 21.3 Å². The van der Waals surface area contributed by atoms with Gasteiger partial charge in [-0.15, -0.1) is 11.3 Å². The van der Waals surface area contributed by atoms with Crippen LogP contribution in [0.2, 0.25) is 5.02 Å². The average Bonchev–Trinajstić information content (AvgIpc) is 2.87. The molecule has 0 saturated heterocycles. The van der Waals surface area contributed by atoms with Crippen molar-refractivity contribution in [1.82, 2.24) is 9.29 Å². The minimum Gasteiger partial charge on any atom is -0.301 e. The molecule has 1 N–H and O–H groups in total. The number of carbonyl (C=O) groups is 1. The number of aromatic nitrogens is 1. The molecule has 0 fully saturated rings. The van der Waals surface area contributed by atoms with Crippen LogP contribution in [0.1, 0.15) is 17.5 Å². The first-order valence-electron chi connectivity index (χ1n) is 7.22. The number of nitrogens with one attached hydrogen (secondary N) is 1. The van der Waals surface area contributed by atoms with Crippen LogP contribution in [0, 0.1) is 6.92 Å². The minimum atomic E-state index is -3.75. The zero-order chi connectivity index (χ0) is 17.9. The quantitative estimate of drug-likeness (QED) is 0.826. The normalized spacial score (nSPS) is 11.7. The van der Waals surface area contributed by atoms with Crippen LogP contribution in [0.3, 0.4) is 0 Å². The van der Waals surface area contributed by atoms with E-state index in [1.807, 2.05) is 13.8 Å². The van der Waals surface area contributed by atoms with Gasteiger partial charge in [0.2, 0.25) is 15.9 Å². The van der Waals surface area contributed by atoms with E-state index in [0.29, 0.717) is 10.2 Å². The molecule has 6 nitrogen and oxygen atoms in total. The van der Waals surface area contributed by atoms with Crippen molar-refractivity contribution in [3.8, 4) is 0 Å². The molecule has 2 aromatic rings. The summed E-state index contributed by atoms with van der Waals surface area (Å²) in [4.78, 5) is 17.5. The van der Waals surface area contributed by atoms with E-state index in [1.54, 1.807) is 0 Å². The summed E-state index contributed by atoms with van der Waals surface area (Å²) >= 11 is 7.14. The second-order valence-electron chi connectivity index (χ2n) is 5.14. The van der Waals surface area contributed by atoms with Gasteiger partial charge in [-0.1, -0.05) is 18.5 Å². The van der Waals surface area contributed by atoms with Crippen molar-refractivity contribution in [3.05, 3.63) is 39.9 Å². The van der Waals surface area contributed by atoms with Gasteiger partial charge in [-0.2, -0.15) is 4.31 Å². The van der Waals surface area contributed by atoms with Gasteiger partial charge in [-0.25, -0.2) is 13.4 Å². The van der Waals surface area contributed by atoms with Gasteiger partial charge >= 0.3 is 0 Å². The molecule has 0 bridgehead atoms. The predicted molar refractivity (Wildman–Crippen MR) is 96.1 cm³/mol. The van der Waals surface area contributed by atoms with Crippen LogP contribution in [0.5, 0.6) is 0 Å². The van der Waals surface area contributed by atoms with Crippen molar-refractivity contribution in [3.63, 3.8) is 0 Å². The fourth-order valence-electron chi connectivity index (χ4n) is 2.04. The van der Waals surface area contributed by atoms with Crippen molar-refractivity contribution in [2.45, 2.75) is 25.2 Å². The predicted octanol–water partition coefficient (Wildman–Crippen LogP) is 2.93. The lowest BCUT2D eigenvalue weighted by molar-refractivity contribution is -0.116. The molecule has 0 spiro atoms. The number of amides is 1. The molecule has 9 heteroatoms. The van der Waals surface area contributed by atoms with Gasteiger partial charge in [0.1, 0.15) is 0 Å². The summed E-state index contributed by atoms with van der Waals surface area (Å²) in [5.74, 6) is -0.438. The van der Waals surface area contributed by atoms with Gasteiger partial charge in [-0.05, 0) is 37.6 Å². The topological polar surface area (TPSA) is 79.4 Å². The lowest BCUT2D eigenvalue weighted by atomic mass is 10.3. The molecule has 2 rings (SSSR count). The van der Waals surface area contributed by atoms with Crippen molar-refractivity contribution >= 4 is 44.0 Å².